The number of halogens is 1. The van der Waals surface area contributed by atoms with E-state index < -0.39 is 0 Å². The van der Waals surface area contributed by atoms with Crippen LogP contribution in [0.1, 0.15) is 21.6 Å². The second kappa shape index (κ2) is 8.71. The van der Waals surface area contributed by atoms with Crippen molar-refractivity contribution >= 4 is 11.7 Å². The molecule has 1 aromatic heterocycles. The van der Waals surface area contributed by atoms with Crippen molar-refractivity contribution in [2.75, 3.05) is 11.9 Å². The lowest BCUT2D eigenvalue weighted by Crippen LogP contribution is -2.26. The van der Waals surface area contributed by atoms with Gasteiger partial charge in [0, 0.05) is 13.1 Å². The van der Waals surface area contributed by atoms with Crippen molar-refractivity contribution in [3.63, 3.8) is 0 Å². The second-order valence-electron chi connectivity index (χ2n) is 5.78. The molecule has 2 aromatic carbocycles. The molecule has 3 rings (SSSR count). The van der Waals surface area contributed by atoms with Crippen LogP contribution in [0.2, 0.25) is 0 Å². The second-order valence-corrected chi connectivity index (χ2v) is 5.78. The van der Waals surface area contributed by atoms with Gasteiger partial charge in [-0.1, -0.05) is 42.5 Å². The minimum Gasteiger partial charge on any atom is -0.365 e. The van der Waals surface area contributed by atoms with Gasteiger partial charge in [0.25, 0.3) is 5.91 Å². The lowest BCUT2D eigenvalue weighted by atomic mass is 10.1. The summed E-state index contributed by atoms with van der Waals surface area (Å²) in [5.74, 6) is 0.0555. The average molecular weight is 350 g/mol. The lowest BCUT2D eigenvalue weighted by Gasteiger charge is -2.07. The van der Waals surface area contributed by atoms with Crippen molar-refractivity contribution in [2.45, 2.75) is 13.0 Å². The molecule has 0 bridgehead atoms. The molecular formula is C20H19FN4O. The summed E-state index contributed by atoms with van der Waals surface area (Å²) in [7, 11) is 0. The number of anilines is 1. The van der Waals surface area contributed by atoms with Gasteiger partial charge in [-0.05, 0) is 41.8 Å². The highest BCUT2D eigenvalue weighted by Gasteiger charge is 2.07. The monoisotopic (exact) mass is 350 g/mol. The van der Waals surface area contributed by atoms with Gasteiger partial charge >= 0.3 is 0 Å². The highest BCUT2D eigenvalue weighted by atomic mass is 19.1. The first-order valence-electron chi connectivity index (χ1n) is 8.35. The van der Waals surface area contributed by atoms with Crippen LogP contribution in [0.15, 0.2) is 66.7 Å². The fraction of sp³-hybridized carbons (Fsp3) is 0.150. The van der Waals surface area contributed by atoms with Crippen molar-refractivity contribution in [3.05, 3.63) is 89.4 Å². The van der Waals surface area contributed by atoms with Crippen molar-refractivity contribution in [3.8, 4) is 0 Å². The predicted octanol–water partition coefficient (Wildman–Crippen LogP) is 3.20. The van der Waals surface area contributed by atoms with Gasteiger partial charge in [0.05, 0.1) is 0 Å². The number of nitrogens with zero attached hydrogens (tertiary/aromatic N) is 2. The maximum absolute atomic E-state index is 12.9. The first-order chi connectivity index (χ1) is 12.7. The highest BCUT2D eigenvalue weighted by Crippen LogP contribution is 2.06. The molecule has 0 aliphatic carbocycles. The Labute approximate surface area is 151 Å². The number of aromatic nitrogens is 2. The number of rotatable bonds is 7. The maximum atomic E-state index is 12.9. The van der Waals surface area contributed by atoms with Gasteiger partial charge in [-0.2, -0.15) is 0 Å². The van der Waals surface area contributed by atoms with E-state index >= 15 is 0 Å². The Kier molecular flexibility index (Phi) is 5.88. The quantitative estimate of drug-likeness (QED) is 0.687. The van der Waals surface area contributed by atoms with Gasteiger partial charge in [-0.3, -0.25) is 4.79 Å². The Bertz CT molecular complexity index is 836. The van der Waals surface area contributed by atoms with Crippen molar-refractivity contribution in [2.24, 2.45) is 0 Å². The number of hydrogen-bond acceptors (Lipinski definition) is 4. The molecule has 0 aliphatic rings. The van der Waals surface area contributed by atoms with Crippen molar-refractivity contribution in [1.29, 1.82) is 0 Å². The molecule has 0 saturated heterocycles. The van der Waals surface area contributed by atoms with Crippen molar-refractivity contribution in [1.82, 2.24) is 15.5 Å². The summed E-state index contributed by atoms with van der Waals surface area (Å²) in [5.41, 5.74) is 2.35. The topological polar surface area (TPSA) is 66.9 Å². The zero-order valence-electron chi connectivity index (χ0n) is 14.2. The number of carbonyl (C=O) groups is 1. The standard InChI is InChI=1S/C20H19FN4O/c21-17-8-6-15(7-9-17)12-13-22-20(26)18-10-11-19(25-24-18)23-14-16-4-2-1-3-5-16/h1-11H,12-14H2,(H,22,26)(H,23,25). The third-order valence-corrected chi connectivity index (χ3v) is 3.83. The Morgan fingerprint density at radius 2 is 1.65 bits per heavy atom. The average Bonchev–Trinajstić information content (AvgIpc) is 2.69. The first-order valence-corrected chi connectivity index (χ1v) is 8.35. The van der Waals surface area contributed by atoms with E-state index in [1.807, 2.05) is 30.3 Å². The van der Waals surface area contributed by atoms with Gasteiger partial charge in [0.15, 0.2) is 5.69 Å². The zero-order valence-corrected chi connectivity index (χ0v) is 14.2. The molecular weight excluding hydrogens is 331 g/mol. The summed E-state index contributed by atoms with van der Waals surface area (Å²) in [6.07, 6.45) is 0.621. The minimum absolute atomic E-state index is 0.259. The number of amides is 1. The Morgan fingerprint density at radius 1 is 0.885 bits per heavy atom. The number of carbonyl (C=O) groups excluding carboxylic acids is 1. The SMILES string of the molecule is O=C(NCCc1ccc(F)cc1)c1ccc(NCc2ccccc2)nn1. The molecule has 0 atom stereocenters. The van der Waals surface area contributed by atoms with Crippen LogP contribution in [0.4, 0.5) is 10.2 Å². The van der Waals surface area contributed by atoms with E-state index in [2.05, 4.69) is 20.8 Å². The fourth-order valence-corrected chi connectivity index (χ4v) is 2.40. The van der Waals surface area contributed by atoms with E-state index in [1.165, 1.54) is 12.1 Å². The Hall–Kier alpha value is -3.28. The van der Waals surface area contributed by atoms with Crippen LogP contribution in [0.5, 0.6) is 0 Å². The lowest BCUT2D eigenvalue weighted by molar-refractivity contribution is 0.0948. The van der Waals surface area contributed by atoms with E-state index in [-0.39, 0.29) is 17.4 Å². The Morgan fingerprint density at radius 3 is 2.35 bits per heavy atom. The van der Waals surface area contributed by atoms with Crippen LogP contribution in [0, 0.1) is 5.82 Å². The molecule has 2 N–H and O–H groups in total. The van der Waals surface area contributed by atoms with E-state index in [4.69, 9.17) is 0 Å². The molecule has 0 aliphatic heterocycles. The number of hydrogen-bond donors (Lipinski definition) is 2. The predicted molar refractivity (Wildman–Crippen MR) is 98.2 cm³/mol. The summed E-state index contributed by atoms with van der Waals surface area (Å²) < 4.78 is 12.9. The third-order valence-electron chi connectivity index (χ3n) is 3.83. The molecule has 6 heteroatoms. The third kappa shape index (κ3) is 5.11. The summed E-state index contributed by atoms with van der Waals surface area (Å²) in [6, 6.07) is 19.5. The summed E-state index contributed by atoms with van der Waals surface area (Å²) >= 11 is 0. The molecule has 5 nitrogen and oxygen atoms in total. The van der Waals surface area contributed by atoms with Gasteiger partial charge in [-0.15, -0.1) is 10.2 Å². The van der Waals surface area contributed by atoms with E-state index in [0.717, 1.165) is 11.1 Å². The first kappa shape index (κ1) is 17.5. The molecule has 0 saturated carbocycles. The van der Waals surface area contributed by atoms with E-state index in [1.54, 1.807) is 24.3 Å². The zero-order chi connectivity index (χ0) is 18.2. The Balaban J connectivity index is 1.46. The van der Waals surface area contributed by atoms with E-state index in [9.17, 15) is 9.18 Å². The summed E-state index contributed by atoms with van der Waals surface area (Å²) in [6.45, 7) is 1.08. The molecule has 132 valence electrons. The van der Waals surface area contributed by atoms with Crippen LogP contribution < -0.4 is 10.6 Å². The van der Waals surface area contributed by atoms with Crippen LogP contribution in [0.3, 0.4) is 0 Å². The molecule has 3 aromatic rings. The molecule has 0 fully saturated rings. The van der Waals surface area contributed by atoms with Crippen LogP contribution in [0.25, 0.3) is 0 Å². The van der Waals surface area contributed by atoms with Gasteiger partial charge in [-0.25, -0.2) is 4.39 Å². The van der Waals surface area contributed by atoms with E-state index in [0.29, 0.717) is 25.3 Å². The van der Waals surface area contributed by atoms with Gasteiger partial charge < -0.3 is 10.6 Å². The smallest absolute Gasteiger partial charge is 0.271 e. The molecule has 1 heterocycles. The molecule has 0 radical (unpaired) electrons. The largest absolute Gasteiger partial charge is 0.365 e. The minimum atomic E-state index is -0.283. The number of nitrogens with one attached hydrogen (secondary N) is 2. The van der Waals surface area contributed by atoms with Gasteiger partial charge in [0.2, 0.25) is 0 Å². The fourth-order valence-electron chi connectivity index (χ4n) is 2.40. The van der Waals surface area contributed by atoms with Crippen LogP contribution >= 0.6 is 0 Å². The summed E-state index contributed by atoms with van der Waals surface area (Å²) in [5, 5.41) is 13.9. The van der Waals surface area contributed by atoms with Crippen LogP contribution in [-0.2, 0) is 13.0 Å². The van der Waals surface area contributed by atoms with Crippen molar-refractivity contribution < 1.29 is 9.18 Å². The normalized spacial score (nSPS) is 10.3. The maximum Gasteiger partial charge on any atom is 0.271 e. The highest BCUT2D eigenvalue weighted by molar-refractivity contribution is 5.92. The molecule has 26 heavy (non-hydrogen) atoms. The molecule has 0 spiro atoms. The summed E-state index contributed by atoms with van der Waals surface area (Å²) in [4.78, 5) is 12.1. The molecule has 1 amide bonds. The molecule has 0 unspecified atom stereocenters. The number of benzene rings is 2. The van der Waals surface area contributed by atoms with Crippen LogP contribution in [-0.4, -0.2) is 22.6 Å². The van der Waals surface area contributed by atoms with Gasteiger partial charge in [0.1, 0.15) is 11.6 Å².